The molecular weight excluding hydrogens is 478 g/mol. The summed E-state index contributed by atoms with van der Waals surface area (Å²) in [7, 11) is 3.23. The summed E-state index contributed by atoms with van der Waals surface area (Å²) in [6.45, 7) is 6.36. The van der Waals surface area contributed by atoms with Crippen molar-refractivity contribution in [1.82, 2.24) is 25.3 Å². The molecule has 0 bridgehead atoms. The number of ether oxygens (including phenoxy) is 1. The lowest BCUT2D eigenvalue weighted by atomic mass is 10.2. The molecule has 8 nitrogen and oxygen atoms in total. The number of aromatic nitrogens is 2. The molecule has 0 saturated carbocycles. The minimum Gasteiger partial charge on any atom is -0.494 e. The zero-order chi connectivity index (χ0) is 19.2. The van der Waals surface area contributed by atoms with Gasteiger partial charge in [0.15, 0.2) is 23.4 Å². The third-order valence-electron chi connectivity index (χ3n) is 4.48. The number of hydrogen-bond acceptors (Lipinski definition) is 6. The average Bonchev–Trinajstić information content (AvgIpc) is 3.09. The van der Waals surface area contributed by atoms with E-state index in [0.29, 0.717) is 24.8 Å². The summed E-state index contributed by atoms with van der Waals surface area (Å²) in [5.41, 5.74) is 0.941. The van der Waals surface area contributed by atoms with Crippen LogP contribution < -0.4 is 10.1 Å². The number of guanidine groups is 1. The molecule has 2 aromatic rings. The first-order valence-corrected chi connectivity index (χ1v) is 8.88. The number of piperazine rings is 1. The van der Waals surface area contributed by atoms with Crippen LogP contribution in [0.5, 0.6) is 5.75 Å². The van der Waals surface area contributed by atoms with Crippen LogP contribution in [-0.2, 0) is 13.1 Å². The number of aryl methyl sites for hydroxylation is 1. The predicted molar refractivity (Wildman–Crippen MR) is 114 cm³/mol. The Balaban J connectivity index is 0.00000280. The van der Waals surface area contributed by atoms with Crippen LogP contribution >= 0.6 is 24.0 Å². The fourth-order valence-electron chi connectivity index (χ4n) is 3.09. The zero-order valence-electron chi connectivity index (χ0n) is 16.3. The molecule has 0 aliphatic carbocycles. The van der Waals surface area contributed by atoms with Gasteiger partial charge in [0.25, 0.3) is 0 Å². The van der Waals surface area contributed by atoms with Gasteiger partial charge in [-0.2, -0.15) is 4.98 Å². The van der Waals surface area contributed by atoms with Gasteiger partial charge in [-0.15, -0.1) is 24.0 Å². The first-order valence-electron chi connectivity index (χ1n) is 8.88. The molecule has 10 heteroatoms. The zero-order valence-corrected chi connectivity index (χ0v) is 18.6. The van der Waals surface area contributed by atoms with Gasteiger partial charge in [-0.25, -0.2) is 4.39 Å². The largest absolute Gasteiger partial charge is 0.494 e. The topological polar surface area (TPSA) is 79.0 Å². The van der Waals surface area contributed by atoms with Crippen LogP contribution in [0, 0.1) is 12.7 Å². The van der Waals surface area contributed by atoms with E-state index in [1.807, 2.05) is 6.07 Å². The monoisotopic (exact) mass is 504 g/mol. The lowest BCUT2D eigenvalue weighted by Crippen LogP contribution is -2.52. The highest BCUT2D eigenvalue weighted by molar-refractivity contribution is 14.0. The van der Waals surface area contributed by atoms with E-state index in [-0.39, 0.29) is 35.5 Å². The van der Waals surface area contributed by atoms with Crippen molar-refractivity contribution in [2.75, 3.05) is 40.3 Å². The van der Waals surface area contributed by atoms with Crippen molar-refractivity contribution in [2.24, 2.45) is 4.99 Å². The van der Waals surface area contributed by atoms with Crippen molar-refractivity contribution >= 4 is 29.9 Å². The Kier molecular flexibility index (Phi) is 8.42. The fourth-order valence-corrected chi connectivity index (χ4v) is 3.09. The maximum Gasteiger partial charge on any atom is 0.223 e. The van der Waals surface area contributed by atoms with Gasteiger partial charge in [0.05, 0.1) is 13.7 Å². The summed E-state index contributed by atoms with van der Waals surface area (Å²) in [5, 5.41) is 7.14. The molecule has 0 radical (unpaired) electrons. The second-order valence-electron chi connectivity index (χ2n) is 6.36. The molecule has 3 rings (SSSR count). The molecule has 1 saturated heterocycles. The first kappa shape index (κ1) is 22.3. The Bertz CT molecular complexity index is 792. The number of nitrogens with one attached hydrogen (secondary N) is 1. The lowest BCUT2D eigenvalue weighted by molar-refractivity contribution is 0.172. The lowest BCUT2D eigenvalue weighted by Gasteiger charge is -2.36. The molecule has 0 spiro atoms. The maximum absolute atomic E-state index is 13.9. The molecule has 1 aliphatic rings. The van der Waals surface area contributed by atoms with Gasteiger partial charge in [-0.05, 0) is 17.7 Å². The highest BCUT2D eigenvalue weighted by Gasteiger charge is 2.20. The SMILES string of the molecule is CN=C(NCc1noc(C)n1)N1CCN(Cc2ccc(OC)c(F)c2)CC1.I. The summed E-state index contributed by atoms with van der Waals surface area (Å²) in [4.78, 5) is 13.0. The van der Waals surface area contributed by atoms with Crippen molar-refractivity contribution in [3.8, 4) is 5.75 Å². The number of halogens is 2. The van der Waals surface area contributed by atoms with Crippen molar-refractivity contribution in [2.45, 2.75) is 20.0 Å². The molecule has 154 valence electrons. The van der Waals surface area contributed by atoms with E-state index in [1.165, 1.54) is 7.11 Å². The molecule has 1 aromatic carbocycles. The van der Waals surface area contributed by atoms with Gasteiger partial charge in [-0.1, -0.05) is 11.2 Å². The number of benzene rings is 1. The molecular formula is C18H26FIN6O2. The van der Waals surface area contributed by atoms with E-state index in [2.05, 4.69) is 30.2 Å². The first-order chi connectivity index (χ1) is 13.1. The van der Waals surface area contributed by atoms with Crippen LogP contribution in [0.2, 0.25) is 0 Å². The smallest absolute Gasteiger partial charge is 0.223 e. The summed E-state index contributed by atoms with van der Waals surface area (Å²) >= 11 is 0. The quantitative estimate of drug-likeness (QED) is 0.380. The standard InChI is InChI=1S/C18H25FN6O2.HI/c1-13-22-17(23-27-13)11-21-18(20-2)25-8-6-24(7-9-25)12-14-4-5-16(26-3)15(19)10-14;/h4-5,10H,6-9,11-12H2,1-3H3,(H,20,21);1H. The Morgan fingerprint density at radius 1 is 1.32 bits per heavy atom. The van der Waals surface area contributed by atoms with E-state index >= 15 is 0 Å². The third-order valence-corrected chi connectivity index (χ3v) is 4.48. The fraction of sp³-hybridized carbons (Fsp3) is 0.500. The van der Waals surface area contributed by atoms with E-state index in [0.717, 1.165) is 37.7 Å². The molecule has 28 heavy (non-hydrogen) atoms. The highest BCUT2D eigenvalue weighted by atomic mass is 127. The van der Waals surface area contributed by atoms with E-state index in [4.69, 9.17) is 9.26 Å². The van der Waals surface area contributed by atoms with Crippen LogP contribution in [0.4, 0.5) is 4.39 Å². The summed E-state index contributed by atoms with van der Waals surface area (Å²) in [6.07, 6.45) is 0. The number of methoxy groups -OCH3 is 1. The Morgan fingerprint density at radius 2 is 2.07 bits per heavy atom. The van der Waals surface area contributed by atoms with Crippen LogP contribution in [0.25, 0.3) is 0 Å². The van der Waals surface area contributed by atoms with Gasteiger partial charge in [0.1, 0.15) is 0 Å². The van der Waals surface area contributed by atoms with E-state index < -0.39 is 0 Å². The normalized spacial score (nSPS) is 15.3. The van der Waals surface area contributed by atoms with Crippen LogP contribution in [0.15, 0.2) is 27.7 Å². The molecule has 2 heterocycles. The Hall–Kier alpha value is -1.95. The minimum atomic E-state index is -0.324. The number of nitrogens with zero attached hydrogens (tertiary/aromatic N) is 5. The third kappa shape index (κ3) is 5.77. The molecule has 1 N–H and O–H groups in total. The molecule has 0 unspecified atom stereocenters. The average molecular weight is 504 g/mol. The summed E-state index contributed by atoms with van der Waals surface area (Å²) in [6, 6.07) is 5.12. The number of rotatable bonds is 5. The summed E-state index contributed by atoms with van der Waals surface area (Å²) in [5.74, 6) is 1.91. The molecule has 1 fully saturated rings. The van der Waals surface area contributed by atoms with E-state index in [9.17, 15) is 4.39 Å². The Labute approximate surface area is 181 Å². The number of hydrogen-bond donors (Lipinski definition) is 1. The minimum absolute atomic E-state index is 0. The molecule has 1 aromatic heterocycles. The number of aliphatic imine (C=N–C) groups is 1. The van der Waals surface area contributed by atoms with Crippen LogP contribution in [-0.4, -0.2) is 66.2 Å². The van der Waals surface area contributed by atoms with Crippen LogP contribution in [0.3, 0.4) is 0 Å². The van der Waals surface area contributed by atoms with Gasteiger partial charge >= 0.3 is 0 Å². The molecule has 1 aliphatic heterocycles. The van der Waals surface area contributed by atoms with Crippen LogP contribution in [0.1, 0.15) is 17.3 Å². The van der Waals surface area contributed by atoms with Crippen molar-refractivity contribution < 1.29 is 13.7 Å². The van der Waals surface area contributed by atoms with Gasteiger partial charge in [0.2, 0.25) is 5.89 Å². The predicted octanol–water partition coefficient (Wildman–Crippen LogP) is 2.04. The second-order valence-corrected chi connectivity index (χ2v) is 6.36. The second kappa shape index (κ2) is 10.6. The van der Waals surface area contributed by atoms with Gasteiger partial charge < -0.3 is 19.5 Å². The molecule has 0 atom stereocenters. The van der Waals surface area contributed by atoms with Crippen molar-refractivity contribution in [3.63, 3.8) is 0 Å². The van der Waals surface area contributed by atoms with Crippen molar-refractivity contribution in [1.29, 1.82) is 0 Å². The van der Waals surface area contributed by atoms with Gasteiger partial charge in [0, 0.05) is 46.7 Å². The van der Waals surface area contributed by atoms with E-state index in [1.54, 1.807) is 26.1 Å². The Morgan fingerprint density at radius 3 is 2.64 bits per heavy atom. The summed E-state index contributed by atoms with van der Waals surface area (Å²) < 4.78 is 23.8. The molecule has 0 amide bonds. The highest BCUT2D eigenvalue weighted by Crippen LogP contribution is 2.19. The van der Waals surface area contributed by atoms with Gasteiger partial charge in [-0.3, -0.25) is 9.89 Å². The van der Waals surface area contributed by atoms with Crippen molar-refractivity contribution in [3.05, 3.63) is 41.3 Å². The maximum atomic E-state index is 13.9.